The summed E-state index contributed by atoms with van der Waals surface area (Å²) in [6, 6.07) is 26.9. The number of hydrogen-bond donors (Lipinski definition) is 2. The van der Waals surface area contributed by atoms with Crippen molar-refractivity contribution in [1.82, 2.24) is 14.8 Å². The maximum absolute atomic E-state index is 10.2. The molecular formula is C33H42N4O3. The summed E-state index contributed by atoms with van der Waals surface area (Å²) in [4.78, 5) is 28.7. The van der Waals surface area contributed by atoms with E-state index in [0.717, 1.165) is 35.6 Å². The summed E-state index contributed by atoms with van der Waals surface area (Å²) in [5, 5.41) is 8.94. The fourth-order valence-electron chi connectivity index (χ4n) is 3.97. The van der Waals surface area contributed by atoms with Crippen molar-refractivity contribution in [3.63, 3.8) is 0 Å². The van der Waals surface area contributed by atoms with Gasteiger partial charge in [-0.1, -0.05) is 61.5 Å². The predicted octanol–water partition coefficient (Wildman–Crippen LogP) is 5.85. The molecule has 0 spiro atoms. The lowest BCUT2D eigenvalue weighted by Gasteiger charge is -2.42. The van der Waals surface area contributed by atoms with Crippen LogP contribution in [0.1, 0.15) is 40.4 Å². The van der Waals surface area contributed by atoms with Crippen molar-refractivity contribution in [3.05, 3.63) is 107 Å². The van der Waals surface area contributed by atoms with Gasteiger partial charge in [0, 0.05) is 54.9 Å². The summed E-state index contributed by atoms with van der Waals surface area (Å²) in [5.41, 5.74) is 11.6. The van der Waals surface area contributed by atoms with Crippen LogP contribution in [0.4, 0.5) is 5.69 Å². The molecular weight excluding hydrogens is 500 g/mol. The van der Waals surface area contributed by atoms with Crippen molar-refractivity contribution in [2.75, 3.05) is 32.9 Å². The minimum absolute atomic E-state index is 0.222. The first-order valence-electron chi connectivity index (χ1n) is 13.4. The zero-order chi connectivity index (χ0) is 29.5. The Morgan fingerprint density at radius 3 is 2.23 bits per heavy atom. The lowest BCUT2D eigenvalue weighted by atomic mass is 10.1. The quantitative estimate of drug-likeness (QED) is 0.241. The van der Waals surface area contributed by atoms with Crippen LogP contribution in [-0.2, 0) is 11.3 Å². The number of hydrogen-bond acceptors (Lipinski definition) is 6. The number of likely N-dealkylation sites (N-methyl/N-ethyl adjacent to an activating group) is 2. The number of pyridine rings is 1. The van der Waals surface area contributed by atoms with Gasteiger partial charge in [-0.25, -0.2) is 0 Å². The van der Waals surface area contributed by atoms with Gasteiger partial charge in [0.05, 0.1) is 5.52 Å². The summed E-state index contributed by atoms with van der Waals surface area (Å²) in [5.74, 6) is -0.745. The molecule has 7 nitrogen and oxygen atoms in total. The van der Waals surface area contributed by atoms with Gasteiger partial charge < -0.3 is 15.7 Å². The fourth-order valence-corrected chi connectivity index (χ4v) is 3.97. The number of carboxylic acid groups (broad SMARTS) is 1. The number of aryl methyl sites for hydroxylation is 2. The number of carbonyl (C=O) groups is 2. The van der Waals surface area contributed by atoms with E-state index in [9.17, 15) is 9.59 Å². The number of anilines is 1. The van der Waals surface area contributed by atoms with Crippen LogP contribution in [0.3, 0.4) is 0 Å². The highest BCUT2D eigenvalue weighted by atomic mass is 16.4. The van der Waals surface area contributed by atoms with Gasteiger partial charge in [-0.2, -0.15) is 0 Å². The molecule has 0 bridgehead atoms. The number of carbonyl (C=O) groups excluding carboxylic acids is 1. The molecule has 5 rings (SSSR count). The van der Waals surface area contributed by atoms with Crippen LogP contribution < -0.4 is 5.73 Å². The van der Waals surface area contributed by atoms with Crippen molar-refractivity contribution < 1.29 is 14.7 Å². The van der Waals surface area contributed by atoms with Gasteiger partial charge in [0.2, 0.25) is 0 Å². The average molecular weight is 543 g/mol. The van der Waals surface area contributed by atoms with Gasteiger partial charge in [-0.15, -0.1) is 0 Å². The minimum Gasteiger partial charge on any atom is -0.481 e. The zero-order valence-corrected chi connectivity index (χ0v) is 24.2. The Balaban J connectivity index is 0.000000197. The van der Waals surface area contributed by atoms with E-state index < -0.39 is 5.97 Å². The zero-order valence-electron chi connectivity index (χ0n) is 24.2. The number of nitrogens with zero attached hydrogens (tertiary/aromatic N) is 3. The number of benzene rings is 3. The Morgan fingerprint density at radius 2 is 1.68 bits per heavy atom. The molecule has 7 heteroatoms. The molecule has 1 fully saturated rings. The van der Waals surface area contributed by atoms with E-state index in [-0.39, 0.29) is 6.42 Å². The highest BCUT2D eigenvalue weighted by molar-refractivity contribution is 5.81. The number of para-hydroxylation sites is 1. The number of carboxylic acids is 1. The third-order valence-corrected chi connectivity index (χ3v) is 6.51. The monoisotopic (exact) mass is 542 g/mol. The summed E-state index contributed by atoms with van der Waals surface area (Å²) in [6.07, 6.45) is 2.86. The maximum Gasteiger partial charge on any atom is 0.303 e. The Hall–Kier alpha value is -4.07. The van der Waals surface area contributed by atoms with Gasteiger partial charge in [0.25, 0.3) is 0 Å². The number of fused-ring (bicyclic) bond motifs is 1. The molecule has 1 aliphatic heterocycles. The van der Waals surface area contributed by atoms with Crippen LogP contribution in [0.2, 0.25) is 0 Å². The second kappa shape index (κ2) is 16.8. The topological polar surface area (TPSA) is 99.8 Å². The summed E-state index contributed by atoms with van der Waals surface area (Å²) in [7, 11) is 4.39. The number of likely N-dealkylation sites (tertiary alicyclic amines) is 1. The second-order valence-corrected chi connectivity index (χ2v) is 9.91. The molecule has 0 atom stereocenters. The third-order valence-electron chi connectivity index (χ3n) is 6.51. The lowest BCUT2D eigenvalue weighted by molar-refractivity contribution is -0.136. The first-order chi connectivity index (χ1) is 19.1. The predicted molar refractivity (Wildman–Crippen MR) is 165 cm³/mol. The molecule has 4 aromatic rings. The van der Waals surface area contributed by atoms with Gasteiger partial charge in [0.15, 0.2) is 0 Å². The van der Waals surface area contributed by atoms with Gasteiger partial charge in [-0.05, 0) is 68.9 Å². The minimum atomic E-state index is -0.745. The van der Waals surface area contributed by atoms with Gasteiger partial charge in [0.1, 0.15) is 6.29 Å². The molecule has 0 amide bonds. The van der Waals surface area contributed by atoms with Crippen LogP contribution in [0.15, 0.2) is 85.1 Å². The van der Waals surface area contributed by atoms with Crippen LogP contribution >= 0.6 is 0 Å². The van der Waals surface area contributed by atoms with Crippen LogP contribution in [0, 0.1) is 13.8 Å². The lowest BCUT2D eigenvalue weighted by Crippen LogP contribution is -2.56. The molecule has 2 heterocycles. The van der Waals surface area contributed by atoms with E-state index in [1.165, 1.54) is 29.6 Å². The molecule has 1 aliphatic rings. The van der Waals surface area contributed by atoms with Crippen molar-refractivity contribution in [1.29, 1.82) is 0 Å². The smallest absolute Gasteiger partial charge is 0.303 e. The van der Waals surface area contributed by atoms with Gasteiger partial charge in [-0.3, -0.25) is 19.5 Å². The molecule has 1 saturated heterocycles. The van der Waals surface area contributed by atoms with Crippen molar-refractivity contribution in [2.24, 2.45) is 0 Å². The number of nitrogens with two attached hydrogens (primary N) is 1. The standard InChI is InChI=1S/C12H18N2.C10H9N.C8H9NO.C3H6O2/c1-13-9-12(10-13)14(2)8-11-6-4-3-5-7-11;1-8-4-2-5-9-6-3-7-11-10(8)9;1-6-4-7(5-10)2-3-8(6)9;1-2-3(4)5/h3-7,12H,8-10H2,1-2H3;2-7H,1H3;2-5H,9H2,1H3;2H2,1H3,(H,4,5). The first kappa shape index (κ1) is 32.1. The molecule has 0 aliphatic carbocycles. The molecule has 0 radical (unpaired) electrons. The van der Waals surface area contributed by atoms with Crippen molar-refractivity contribution in [2.45, 2.75) is 39.8 Å². The van der Waals surface area contributed by atoms with E-state index in [1.54, 1.807) is 25.1 Å². The van der Waals surface area contributed by atoms with Crippen LogP contribution in [-0.4, -0.2) is 65.4 Å². The molecule has 1 aromatic heterocycles. The SMILES string of the molecule is CCC(=O)O.CN1CC(N(C)Cc2ccccc2)C1.Cc1cc(C=O)ccc1N.Cc1cccc2cccnc12. The summed E-state index contributed by atoms with van der Waals surface area (Å²) >= 11 is 0. The van der Waals surface area contributed by atoms with E-state index >= 15 is 0 Å². The number of aromatic nitrogens is 1. The summed E-state index contributed by atoms with van der Waals surface area (Å²) in [6.45, 7) is 9.05. The van der Waals surface area contributed by atoms with Crippen molar-refractivity contribution >= 4 is 28.8 Å². The summed E-state index contributed by atoms with van der Waals surface area (Å²) < 4.78 is 0. The molecule has 212 valence electrons. The Kier molecular flexibility index (Phi) is 13.5. The molecule has 0 unspecified atom stereocenters. The first-order valence-corrected chi connectivity index (χ1v) is 13.4. The van der Waals surface area contributed by atoms with Crippen molar-refractivity contribution in [3.8, 4) is 0 Å². The number of aliphatic carboxylic acids is 1. The van der Waals surface area contributed by atoms with Crippen LogP contribution in [0.25, 0.3) is 10.9 Å². The molecule has 40 heavy (non-hydrogen) atoms. The van der Waals surface area contributed by atoms with E-state index in [0.29, 0.717) is 5.56 Å². The van der Waals surface area contributed by atoms with Gasteiger partial charge >= 0.3 is 5.97 Å². The van der Waals surface area contributed by atoms with E-state index in [2.05, 4.69) is 90.4 Å². The third kappa shape index (κ3) is 11.0. The number of nitrogen functional groups attached to an aromatic ring is 1. The number of rotatable bonds is 5. The maximum atomic E-state index is 10.2. The molecule has 3 N–H and O–H groups in total. The largest absolute Gasteiger partial charge is 0.481 e. The normalized spacial score (nSPS) is 12.6. The Bertz CT molecular complexity index is 1330. The highest BCUT2D eigenvalue weighted by Gasteiger charge is 2.26. The average Bonchev–Trinajstić information content (AvgIpc) is 2.94. The molecule has 3 aromatic carbocycles. The van der Waals surface area contributed by atoms with Crippen LogP contribution in [0.5, 0.6) is 0 Å². The highest BCUT2D eigenvalue weighted by Crippen LogP contribution is 2.15. The second-order valence-electron chi connectivity index (χ2n) is 9.91. The number of aldehydes is 1. The van der Waals surface area contributed by atoms with E-state index in [1.807, 2.05) is 19.2 Å². The Labute approximate surface area is 238 Å². The fraction of sp³-hybridized carbons (Fsp3) is 0.303. The molecule has 0 saturated carbocycles. The van der Waals surface area contributed by atoms with E-state index in [4.69, 9.17) is 10.8 Å². The Morgan fingerprint density at radius 1 is 1.02 bits per heavy atom.